The van der Waals surface area contributed by atoms with Gasteiger partial charge in [0, 0.05) is 12.7 Å². The van der Waals surface area contributed by atoms with Crippen LogP contribution in [0.2, 0.25) is 0 Å². The van der Waals surface area contributed by atoms with Crippen molar-refractivity contribution in [2.24, 2.45) is 5.92 Å². The molecule has 1 aromatic rings. The number of nitrogens with one attached hydrogen (secondary N) is 1. The molecule has 1 aliphatic rings. The van der Waals surface area contributed by atoms with Crippen LogP contribution in [0.4, 0.5) is 0 Å². The number of nitrogens with zero attached hydrogens (tertiary/aromatic N) is 2. The van der Waals surface area contributed by atoms with Crippen molar-refractivity contribution < 1.29 is 4.79 Å². The van der Waals surface area contributed by atoms with Gasteiger partial charge in [-0.3, -0.25) is 9.78 Å². The van der Waals surface area contributed by atoms with E-state index in [0.29, 0.717) is 12.5 Å². The first-order valence-corrected chi connectivity index (χ1v) is 7.12. The van der Waals surface area contributed by atoms with Crippen LogP contribution < -0.4 is 5.32 Å². The maximum atomic E-state index is 12.5. The molecule has 1 aliphatic heterocycles. The van der Waals surface area contributed by atoms with Crippen LogP contribution >= 0.6 is 12.4 Å². The third-order valence-corrected chi connectivity index (χ3v) is 3.74. The number of likely N-dealkylation sites (N-methyl/N-ethyl adjacent to an activating group) is 1. The minimum atomic E-state index is -0.0209. The molecular formula is C15H24ClN3O. The summed E-state index contributed by atoms with van der Waals surface area (Å²) in [5.74, 6) is 0.837. The molecule has 0 aliphatic carbocycles. The van der Waals surface area contributed by atoms with Gasteiger partial charge < -0.3 is 10.2 Å². The lowest BCUT2D eigenvalue weighted by atomic mass is 9.93. The number of pyridine rings is 1. The Labute approximate surface area is 127 Å². The van der Waals surface area contributed by atoms with E-state index in [1.165, 1.54) is 0 Å². The van der Waals surface area contributed by atoms with Crippen molar-refractivity contribution in [1.82, 2.24) is 15.2 Å². The Kier molecular flexibility index (Phi) is 6.96. The van der Waals surface area contributed by atoms with Crippen molar-refractivity contribution in [1.29, 1.82) is 0 Å². The number of amides is 1. The molecule has 2 atom stereocenters. The standard InChI is InChI=1S/C15H23N3O.ClH/c1-3-18(11-13-6-4-5-8-16-13)15(19)14-10-12(2)7-9-17-14;/h4-6,8,12,14,17H,3,7,9-11H2,1-2H3;1H. The van der Waals surface area contributed by atoms with Gasteiger partial charge in [0.15, 0.2) is 0 Å². The Morgan fingerprint density at radius 2 is 2.30 bits per heavy atom. The van der Waals surface area contributed by atoms with Gasteiger partial charge in [-0.05, 0) is 44.4 Å². The molecule has 0 bridgehead atoms. The second-order valence-corrected chi connectivity index (χ2v) is 5.31. The van der Waals surface area contributed by atoms with Crippen molar-refractivity contribution in [3.63, 3.8) is 0 Å². The maximum absolute atomic E-state index is 12.5. The monoisotopic (exact) mass is 297 g/mol. The quantitative estimate of drug-likeness (QED) is 0.927. The van der Waals surface area contributed by atoms with E-state index in [1.807, 2.05) is 30.0 Å². The highest BCUT2D eigenvalue weighted by Crippen LogP contribution is 2.17. The Bertz CT molecular complexity index is 413. The first-order chi connectivity index (χ1) is 9.20. The Morgan fingerprint density at radius 3 is 2.90 bits per heavy atom. The van der Waals surface area contributed by atoms with Gasteiger partial charge in [0.1, 0.15) is 0 Å². The van der Waals surface area contributed by atoms with E-state index in [2.05, 4.69) is 17.2 Å². The number of halogens is 1. The van der Waals surface area contributed by atoms with Crippen molar-refractivity contribution in [3.8, 4) is 0 Å². The van der Waals surface area contributed by atoms with Crippen molar-refractivity contribution in [3.05, 3.63) is 30.1 Å². The lowest BCUT2D eigenvalue weighted by Gasteiger charge is -2.31. The Balaban J connectivity index is 0.00000200. The average Bonchev–Trinajstić information content (AvgIpc) is 2.45. The highest BCUT2D eigenvalue weighted by molar-refractivity contribution is 5.85. The molecule has 2 rings (SSSR count). The maximum Gasteiger partial charge on any atom is 0.240 e. The molecule has 2 heterocycles. The van der Waals surface area contributed by atoms with Crippen LogP contribution in [-0.2, 0) is 11.3 Å². The van der Waals surface area contributed by atoms with E-state index >= 15 is 0 Å². The summed E-state index contributed by atoms with van der Waals surface area (Å²) in [6.07, 6.45) is 3.88. The number of carbonyl (C=O) groups excluding carboxylic acids is 1. The van der Waals surface area contributed by atoms with Crippen molar-refractivity contribution in [2.45, 2.75) is 39.3 Å². The molecule has 20 heavy (non-hydrogen) atoms. The fourth-order valence-corrected chi connectivity index (χ4v) is 2.55. The van der Waals surface area contributed by atoms with Crippen molar-refractivity contribution in [2.75, 3.05) is 13.1 Å². The summed E-state index contributed by atoms with van der Waals surface area (Å²) in [5.41, 5.74) is 0.946. The van der Waals surface area contributed by atoms with Gasteiger partial charge in [-0.15, -0.1) is 12.4 Å². The van der Waals surface area contributed by atoms with E-state index in [4.69, 9.17) is 0 Å². The van der Waals surface area contributed by atoms with E-state index in [9.17, 15) is 4.79 Å². The zero-order valence-corrected chi connectivity index (χ0v) is 13.0. The summed E-state index contributed by atoms with van der Waals surface area (Å²) < 4.78 is 0. The summed E-state index contributed by atoms with van der Waals surface area (Å²) >= 11 is 0. The van der Waals surface area contributed by atoms with Gasteiger partial charge in [-0.1, -0.05) is 13.0 Å². The largest absolute Gasteiger partial charge is 0.336 e. The lowest BCUT2D eigenvalue weighted by Crippen LogP contribution is -2.49. The van der Waals surface area contributed by atoms with Gasteiger partial charge in [0.05, 0.1) is 18.3 Å². The zero-order valence-electron chi connectivity index (χ0n) is 12.2. The minimum absolute atomic E-state index is 0. The number of hydrogen-bond acceptors (Lipinski definition) is 3. The third kappa shape index (κ3) is 4.46. The van der Waals surface area contributed by atoms with Gasteiger partial charge in [-0.25, -0.2) is 0 Å². The molecule has 0 aromatic carbocycles. The van der Waals surface area contributed by atoms with Crippen LogP contribution in [0.5, 0.6) is 0 Å². The van der Waals surface area contributed by atoms with Crippen LogP contribution in [0.15, 0.2) is 24.4 Å². The zero-order chi connectivity index (χ0) is 13.7. The molecule has 4 nitrogen and oxygen atoms in total. The lowest BCUT2D eigenvalue weighted by molar-refractivity contribution is -0.134. The summed E-state index contributed by atoms with van der Waals surface area (Å²) in [7, 11) is 0. The number of aromatic nitrogens is 1. The molecule has 1 N–H and O–H groups in total. The smallest absolute Gasteiger partial charge is 0.240 e. The molecule has 0 spiro atoms. The normalized spacial score (nSPS) is 21.9. The van der Waals surface area contributed by atoms with E-state index < -0.39 is 0 Å². The highest BCUT2D eigenvalue weighted by Gasteiger charge is 2.27. The molecule has 5 heteroatoms. The van der Waals surface area contributed by atoms with Crippen LogP contribution in [0.1, 0.15) is 32.4 Å². The molecule has 1 aromatic heterocycles. The molecular weight excluding hydrogens is 274 g/mol. The molecule has 0 radical (unpaired) electrons. The first kappa shape index (κ1) is 16.9. The van der Waals surface area contributed by atoms with E-state index in [0.717, 1.165) is 31.6 Å². The molecule has 1 amide bonds. The van der Waals surface area contributed by atoms with Gasteiger partial charge in [0.25, 0.3) is 0 Å². The van der Waals surface area contributed by atoms with Crippen LogP contribution in [0.3, 0.4) is 0 Å². The van der Waals surface area contributed by atoms with Gasteiger partial charge >= 0.3 is 0 Å². The Morgan fingerprint density at radius 1 is 1.50 bits per heavy atom. The SMILES string of the molecule is CCN(Cc1ccccn1)C(=O)C1CC(C)CCN1.Cl. The average molecular weight is 298 g/mol. The van der Waals surface area contributed by atoms with Crippen LogP contribution in [-0.4, -0.2) is 34.9 Å². The molecule has 2 unspecified atom stereocenters. The summed E-state index contributed by atoms with van der Waals surface area (Å²) in [6, 6.07) is 5.80. The molecule has 112 valence electrons. The van der Waals surface area contributed by atoms with Crippen molar-refractivity contribution >= 4 is 18.3 Å². The third-order valence-electron chi connectivity index (χ3n) is 3.74. The van der Waals surface area contributed by atoms with Crippen LogP contribution in [0.25, 0.3) is 0 Å². The summed E-state index contributed by atoms with van der Waals surface area (Å²) in [6.45, 7) is 6.51. The van der Waals surface area contributed by atoms with E-state index in [-0.39, 0.29) is 24.4 Å². The fraction of sp³-hybridized carbons (Fsp3) is 0.600. The summed E-state index contributed by atoms with van der Waals surface area (Å²) in [4.78, 5) is 18.7. The number of hydrogen-bond donors (Lipinski definition) is 1. The topological polar surface area (TPSA) is 45.2 Å². The minimum Gasteiger partial charge on any atom is -0.336 e. The van der Waals surface area contributed by atoms with E-state index in [1.54, 1.807) is 6.20 Å². The molecule has 1 saturated heterocycles. The predicted octanol–water partition coefficient (Wildman–Crippen LogP) is 2.24. The fourth-order valence-electron chi connectivity index (χ4n) is 2.55. The molecule has 0 saturated carbocycles. The second-order valence-electron chi connectivity index (χ2n) is 5.31. The van der Waals surface area contributed by atoms with Gasteiger partial charge in [-0.2, -0.15) is 0 Å². The van der Waals surface area contributed by atoms with Crippen LogP contribution in [0, 0.1) is 5.92 Å². The Hall–Kier alpha value is -1.13. The predicted molar refractivity (Wildman–Crippen MR) is 82.8 cm³/mol. The van der Waals surface area contributed by atoms with Gasteiger partial charge in [0.2, 0.25) is 5.91 Å². The summed E-state index contributed by atoms with van der Waals surface area (Å²) in [5, 5.41) is 3.34. The molecule has 1 fully saturated rings. The first-order valence-electron chi connectivity index (χ1n) is 7.12. The highest BCUT2D eigenvalue weighted by atomic mass is 35.5. The second kappa shape index (κ2) is 8.22. The number of rotatable bonds is 4. The number of carbonyl (C=O) groups is 1. The number of piperidine rings is 1.